The third-order valence-electron chi connectivity index (χ3n) is 14.2. The number of hydrogen-bond donors (Lipinski definition) is 0. The largest absolute Gasteiger partial charge is 0.307 e. The Balaban J connectivity index is 1.10. The van der Waals surface area contributed by atoms with Gasteiger partial charge in [-0.25, -0.2) is 0 Å². The second-order valence-electron chi connectivity index (χ2n) is 18.0. The first-order valence-corrected chi connectivity index (χ1v) is 23.7. The summed E-state index contributed by atoms with van der Waals surface area (Å²) >= 11 is 0. The highest BCUT2D eigenvalue weighted by molar-refractivity contribution is 6.25. The molecule has 0 unspecified atom stereocenters. The summed E-state index contributed by atoms with van der Waals surface area (Å²) in [6.07, 6.45) is 0. The summed E-state index contributed by atoms with van der Waals surface area (Å²) < 4.78 is 9.39. The number of para-hydroxylation sites is 5. The van der Waals surface area contributed by atoms with Gasteiger partial charge >= 0.3 is 0 Å². The first-order chi connectivity index (χ1) is 34.8. The Morgan fingerprint density at radius 1 is 0.229 bits per heavy atom. The maximum Gasteiger partial charge on any atom is 0.240 e. The summed E-state index contributed by atoms with van der Waals surface area (Å²) in [7, 11) is 0. The molecule has 326 valence electrons. The van der Waals surface area contributed by atoms with Crippen molar-refractivity contribution >= 4 is 87.2 Å². The molecule has 0 bridgehead atoms. The number of nitrogens with zero attached hydrogens (tertiary/aromatic N) is 7. The van der Waals surface area contributed by atoms with Crippen molar-refractivity contribution in [3.63, 3.8) is 0 Å². The molecule has 0 aliphatic rings. The number of fused-ring (bicyclic) bond motifs is 14. The molecule has 10 aromatic carbocycles. The van der Waals surface area contributed by atoms with Crippen LogP contribution in [0.4, 0.5) is 0 Å². The van der Waals surface area contributed by atoms with E-state index in [4.69, 9.17) is 15.0 Å². The van der Waals surface area contributed by atoms with E-state index in [0.29, 0.717) is 17.7 Å². The fraction of sp³-hybridized carbons (Fsp3) is 0. The summed E-state index contributed by atoms with van der Waals surface area (Å²) in [5.74, 6) is 1.64. The molecule has 0 spiro atoms. The van der Waals surface area contributed by atoms with Crippen LogP contribution in [0.5, 0.6) is 0 Å². The quantitative estimate of drug-likeness (QED) is 0.167. The fourth-order valence-electron chi connectivity index (χ4n) is 11.3. The van der Waals surface area contributed by atoms with E-state index in [1.807, 2.05) is 18.2 Å². The van der Waals surface area contributed by atoms with Crippen LogP contribution in [0.25, 0.3) is 133 Å². The normalized spacial score (nSPS) is 12.0. The second kappa shape index (κ2) is 15.0. The number of rotatable bonds is 6. The van der Waals surface area contributed by atoms with E-state index in [1.165, 1.54) is 16.3 Å². The van der Waals surface area contributed by atoms with Crippen LogP contribution in [-0.4, -0.2) is 33.2 Å². The molecule has 0 atom stereocenters. The third kappa shape index (κ3) is 5.54. The van der Waals surface area contributed by atoms with Crippen molar-refractivity contribution in [2.75, 3.05) is 0 Å². The molecule has 7 heteroatoms. The summed E-state index contributed by atoms with van der Waals surface area (Å²) in [6.45, 7) is 0. The molecule has 15 aromatic rings. The van der Waals surface area contributed by atoms with Gasteiger partial charge < -0.3 is 9.13 Å². The molecule has 5 aromatic heterocycles. The van der Waals surface area contributed by atoms with E-state index in [2.05, 4.69) is 237 Å². The Morgan fingerprint density at radius 3 is 1.04 bits per heavy atom. The maximum atomic E-state index is 5.71. The first-order valence-electron chi connectivity index (χ1n) is 23.7. The van der Waals surface area contributed by atoms with Crippen LogP contribution >= 0.6 is 0 Å². The van der Waals surface area contributed by atoms with Gasteiger partial charge in [0, 0.05) is 60.0 Å². The van der Waals surface area contributed by atoms with Crippen molar-refractivity contribution in [2.24, 2.45) is 0 Å². The second-order valence-corrected chi connectivity index (χ2v) is 18.0. The molecule has 7 nitrogen and oxygen atoms in total. The minimum absolute atomic E-state index is 0.527. The average Bonchev–Trinajstić information content (AvgIpc) is 4.17. The number of benzene rings is 10. The summed E-state index contributed by atoms with van der Waals surface area (Å²) in [4.78, 5) is 16.7. The Bertz CT molecular complexity index is 4580. The van der Waals surface area contributed by atoms with Crippen molar-refractivity contribution in [3.8, 4) is 45.8 Å². The molecule has 0 amide bonds. The van der Waals surface area contributed by atoms with Gasteiger partial charge in [0.15, 0.2) is 5.82 Å². The van der Waals surface area contributed by atoms with E-state index in [-0.39, 0.29) is 0 Å². The van der Waals surface area contributed by atoms with E-state index in [1.54, 1.807) is 0 Å². The molecule has 0 aliphatic heterocycles. The Labute approximate surface area is 401 Å². The van der Waals surface area contributed by atoms with Gasteiger partial charge in [-0.3, -0.25) is 9.13 Å². The minimum atomic E-state index is 0.527. The smallest absolute Gasteiger partial charge is 0.240 e. The zero-order chi connectivity index (χ0) is 45.9. The topological polar surface area (TPSA) is 58.4 Å². The van der Waals surface area contributed by atoms with Crippen LogP contribution in [-0.2, 0) is 0 Å². The SMILES string of the molecule is c1ccc(-c2cccc(-n3c4ccccc4c4ccc5c6ccccc6n(-c6nc(-c7ccccc7)nc(-n7c8ccccc8c8ccc9c%10ccccc%10n(-c%10ccccc%10)c9c87)n6)c5c43)c2)cc1. The van der Waals surface area contributed by atoms with Crippen LogP contribution in [0.3, 0.4) is 0 Å². The minimum Gasteiger partial charge on any atom is -0.307 e. The lowest BCUT2D eigenvalue weighted by Gasteiger charge is -2.15. The van der Waals surface area contributed by atoms with Crippen molar-refractivity contribution in [1.29, 1.82) is 0 Å². The standard InChI is InChI=1S/C63H39N7/c1-4-19-40(20-5-1)42-23-18-26-44(39-42)68-54-32-15-11-28-46(54)50-36-38-52-48-30-13-17-34-56(48)70(60(52)58(50)68)63-65-61(41-21-6-2-7-22-41)64-62(66-63)69-55-33-16-12-29-47(55)51-37-35-49-45-27-10-14-31-53(45)67(57(49)59(51)69)43-24-8-3-9-25-43/h1-39H. The molecule has 0 fully saturated rings. The van der Waals surface area contributed by atoms with Crippen molar-refractivity contribution in [3.05, 3.63) is 237 Å². The molecule has 0 saturated heterocycles. The monoisotopic (exact) mass is 893 g/mol. The Morgan fingerprint density at radius 2 is 0.571 bits per heavy atom. The summed E-state index contributed by atoms with van der Waals surface area (Å²) in [5.41, 5.74) is 13.8. The summed E-state index contributed by atoms with van der Waals surface area (Å²) in [6, 6.07) is 84.3. The van der Waals surface area contributed by atoms with Crippen LogP contribution in [0.1, 0.15) is 0 Å². The zero-order valence-electron chi connectivity index (χ0n) is 37.6. The van der Waals surface area contributed by atoms with E-state index in [0.717, 1.165) is 99.0 Å². The molecule has 15 rings (SSSR count). The molecular weight excluding hydrogens is 855 g/mol. The Kier molecular flexibility index (Phi) is 8.23. The highest BCUT2D eigenvalue weighted by Gasteiger charge is 2.26. The van der Waals surface area contributed by atoms with Crippen molar-refractivity contribution in [2.45, 2.75) is 0 Å². The fourth-order valence-corrected chi connectivity index (χ4v) is 11.3. The lowest BCUT2D eigenvalue weighted by atomic mass is 10.1. The maximum absolute atomic E-state index is 5.71. The molecule has 0 N–H and O–H groups in total. The first kappa shape index (κ1) is 38.5. The van der Waals surface area contributed by atoms with Crippen molar-refractivity contribution < 1.29 is 0 Å². The molecule has 5 heterocycles. The van der Waals surface area contributed by atoms with Gasteiger partial charge in [-0.05, 0) is 59.7 Å². The highest BCUT2D eigenvalue weighted by atomic mass is 15.3. The summed E-state index contributed by atoms with van der Waals surface area (Å²) in [5, 5.41) is 9.12. The van der Waals surface area contributed by atoms with E-state index < -0.39 is 0 Å². The molecule has 0 saturated carbocycles. The van der Waals surface area contributed by atoms with Gasteiger partial charge in [-0.15, -0.1) is 0 Å². The van der Waals surface area contributed by atoms with Crippen LogP contribution < -0.4 is 0 Å². The zero-order valence-corrected chi connectivity index (χ0v) is 37.6. The van der Waals surface area contributed by atoms with Crippen LogP contribution in [0.15, 0.2) is 237 Å². The van der Waals surface area contributed by atoms with E-state index >= 15 is 0 Å². The molecule has 0 radical (unpaired) electrons. The average molecular weight is 894 g/mol. The molecule has 70 heavy (non-hydrogen) atoms. The van der Waals surface area contributed by atoms with Gasteiger partial charge in [0.2, 0.25) is 11.9 Å². The van der Waals surface area contributed by atoms with Crippen LogP contribution in [0, 0.1) is 0 Å². The lowest BCUT2D eigenvalue weighted by molar-refractivity contribution is 0.893. The number of aromatic nitrogens is 7. The van der Waals surface area contributed by atoms with Crippen molar-refractivity contribution in [1.82, 2.24) is 33.2 Å². The van der Waals surface area contributed by atoms with E-state index in [9.17, 15) is 0 Å². The predicted octanol–water partition coefficient (Wildman–Crippen LogP) is 15.6. The third-order valence-corrected chi connectivity index (χ3v) is 14.2. The van der Waals surface area contributed by atoms with Gasteiger partial charge in [0.25, 0.3) is 0 Å². The van der Waals surface area contributed by atoms with Gasteiger partial charge in [0.1, 0.15) is 0 Å². The lowest BCUT2D eigenvalue weighted by Crippen LogP contribution is -2.11. The molecule has 0 aliphatic carbocycles. The Hall–Kier alpha value is -9.59. The highest BCUT2D eigenvalue weighted by Crippen LogP contribution is 2.44. The number of hydrogen-bond acceptors (Lipinski definition) is 3. The molecular formula is C63H39N7. The van der Waals surface area contributed by atoms with Gasteiger partial charge in [0.05, 0.1) is 44.1 Å². The van der Waals surface area contributed by atoms with Gasteiger partial charge in [-0.1, -0.05) is 188 Å². The van der Waals surface area contributed by atoms with Crippen LogP contribution in [0.2, 0.25) is 0 Å². The predicted molar refractivity (Wildman–Crippen MR) is 288 cm³/mol. The van der Waals surface area contributed by atoms with Gasteiger partial charge in [-0.2, -0.15) is 15.0 Å².